The highest BCUT2D eigenvalue weighted by atomic mass is 32.2. The van der Waals surface area contributed by atoms with Crippen molar-refractivity contribution < 1.29 is 4.92 Å². The fourth-order valence-corrected chi connectivity index (χ4v) is 1.20. The maximum absolute atomic E-state index is 9.99. The standard InChI is InChI=1S/C6H11NO2S/c1-5(2)6(10-3)4-7(8)9/h4-5H,1-3H3/b6-4-. The van der Waals surface area contributed by atoms with Crippen LogP contribution in [0.15, 0.2) is 11.1 Å². The van der Waals surface area contributed by atoms with E-state index in [0.29, 0.717) is 0 Å². The molecule has 0 unspecified atom stereocenters. The number of nitro groups is 1. The topological polar surface area (TPSA) is 43.1 Å². The van der Waals surface area contributed by atoms with E-state index in [1.165, 1.54) is 11.8 Å². The Balaban J connectivity index is 4.18. The van der Waals surface area contributed by atoms with Crippen molar-refractivity contribution in [1.82, 2.24) is 0 Å². The Bertz CT molecular complexity index is 154. The Morgan fingerprint density at radius 3 is 2.30 bits per heavy atom. The van der Waals surface area contributed by atoms with Crippen LogP contribution in [0.3, 0.4) is 0 Å². The first-order valence-corrected chi connectivity index (χ1v) is 4.19. The lowest BCUT2D eigenvalue weighted by atomic mass is 10.2. The fourth-order valence-electron chi connectivity index (χ4n) is 0.541. The molecule has 58 valence electrons. The average molecular weight is 161 g/mol. The van der Waals surface area contributed by atoms with Crippen molar-refractivity contribution in [2.45, 2.75) is 13.8 Å². The van der Waals surface area contributed by atoms with Crippen molar-refractivity contribution in [3.8, 4) is 0 Å². The summed E-state index contributed by atoms with van der Waals surface area (Å²) in [6.07, 6.45) is 2.91. The van der Waals surface area contributed by atoms with E-state index < -0.39 is 4.92 Å². The van der Waals surface area contributed by atoms with E-state index >= 15 is 0 Å². The molecule has 0 fully saturated rings. The van der Waals surface area contributed by atoms with Gasteiger partial charge in [-0.3, -0.25) is 10.1 Å². The van der Waals surface area contributed by atoms with E-state index in [2.05, 4.69) is 0 Å². The zero-order valence-corrected chi connectivity index (χ0v) is 7.14. The van der Waals surface area contributed by atoms with E-state index in [1.54, 1.807) is 0 Å². The molecule has 0 spiro atoms. The van der Waals surface area contributed by atoms with Crippen molar-refractivity contribution >= 4 is 11.8 Å². The predicted molar refractivity (Wildman–Crippen MR) is 43.4 cm³/mol. The van der Waals surface area contributed by atoms with Gasteiger partial charge in [-0.15, -0.1) is 11.8 Å². The molecular weight excluding hydrogens is 150 g/mol. The lowest BCUT2D eigenvalue weighted by molar-refractivity contribution is -0.403. The first-order chi connectivity index (χ1) is 4.57. The smallest absolute Gasteiger partial charge is 0.244 e. The molecule has 10 heavy (non-hydrogen) atoms. The first-order valence-electron chi connectivity index (χ1n) is 2.97. The molecule has 0 rings (SSSR count). The molecule has 0 aliphatic rings. The van der Waals surface area contributed by atoms with Crippen molar-refractivity contribution in [3.05, 3.63) is 21.2 Å². The van der Waals surface area contributed by atoms with Crippen LogP contribution < -0.4 is 0 Å². The monoisotopic (exact) mass is 161 g/mol. The third-order valence-corrected chi connectivity index (χ3v) is 2.09. The SMILES string of the molecule is CS/C(=C\[N+](=O)[O-])C(C)C. The molecule has 0 aliphatic heterocycles. The molecule has 3 nitrogen and oxygen atoms in total. The lowest BCUT2D eigenvalue weighted by Gasteiger charge is -2.02. The zero-order valence-electron chi connectivity index (χ0n) is 6.33. The Kier molecular flexibility index (Phi) is 4.11. The summed E-state index contributed by atoms with van der Waals surface area (Å²) in [4.78, 5) is 10.4. The van der Waals surface area contributed by atoms with Crippen LogP contribution in [0.1, 0.15) is 13.8 Å². The van der Waals surface area contributed by atoms with Crippen molar-refractivity contribution in [1.29, 1.82) is 0 Å². The Hall–Kier alpha value is -0.510. The molecule has 0 heterocycles. The van der Waals surface area contributed by atoms with Crippen LogP contribution in [-0.4, -0.2) is 11.2 Å². The van der Waals surface area contributed by atoms with Gasteiger partial charge in [0.15, 0.2) is 0 Å². The molecule has 0 radical (unpaired) electrons. The Morgan fingerprint density at radius 1 is 1.70 bits per heavy atom. The number of nitrogens with zero attached hydrogens (tertiary/aromatic N) is 1. The summed E-state index contributed by atoms with van der Waals surface area (Å²) in [5, 5.41) is 9.99. The van der Waals surface area contributed by atoms with Crippen LogP contribution >= 0.6 is 11.8 Å². The summed E-state index contributed by atoms with van der Waals surface area (Å²) in [5.74, 6) is 0.250. The van der Waals surface area contributed by atoms with Crippen LogP contribution in [0.4, 0.5) is 0 Å². The van der Waals surface area contributed by atoms with E-state index in [0.717, 1.165) is 11.1 Å². The highest BCUT2D eigenvalue weighted by molar-refractivity contribution is 8.02. The molecular formula is C6H11NO2S. The highest BCUT2D eigenvalue weighted by Crippen LogP contribution is 2.20. The second-order valence-corrected chi connectivity index (χ2v) is 3.06. The molecule has 0 aromatic carbocycles. The quantitative estimate of drug-likeness (QED) is 0.470. The number of rotatable bonds is 3. The van der Waals surface area contributed by atoms with Crippen LogP contribution in [0.5, 0.6) is 0 Å². The molecule has 0 N–H and O–H groups in total. The second-order valence-electron chi connectivity index (χ2n) is 2.18. The Labute approximate surface area is 64.7 Å². The lowest BCUT2D eigenvalue weighted by Crippen LogP contribution is -1.93. The number of allylic oxidation sites excluding steroid dienone is 1. The summed E-state index contributed by atoms with van der Waals surface area (Å²) in [7, 11) is 0. The number of hydrogen-bond acceptors (Lipinski definition) is 3. The number of hydrogen-bond donors (Lipinski definition) is 0. The summed E-state index contributed by atoms with van der Waals surface area (Å²) < 4.78 is 0. The van der Waals surface area contributed by atoms with Crippen LogP contribution in [0.2, 0.25) is 0 Å². The van der Waals surface area contributed by atoms with Gasteiger partial charge in [0.05, 0.1) is 9.83 Å². The summed E-state index contributed by atoms with van der Waals surface area (Å²) in [6.45, 7) is 3.87. The van der Waals surface area contributed by atoms with Gasteiger partial charge in [0.1, 0.15) is 0 Å². The molecule has 0 saturated heterocycles. The van der Waals surface area contributed by atoms with Gasteiger partial charge in [-0.05, 0) is 12.2 Å². The van der Waals surface area contributed by atoms with Gasteiger partial charge in [0.2, 0.25) is 6.20 Å². The molecule has 4 heteroatoms. The van der Waals surface area contributed by atoms with Gasteiger partial charge in [-0.1, -0.05) is 13.8 Å². The Morgan fingerprint density at radius 2 is 2.20 bits per heavy atom. The zero-order chi connectivity index (χ0) is 8.15. The molecule has 0 amide bonds. The second kappa shape index (κ2) is 4.33. The average Bonchev–Trinajstić information content (AvgIpc) is 1.81. The van der Waals surface area contributed by atoms with Crippen molar-refractivity contribution in [3.63, 3.8) is 0 Å². The van der Waals surface area contributed by atoms with E-state index in [9.17, 15) is 10.1 Å². The van der Waals surface area contributed by atoms with Crippen LogP contribution in [0, 0.1) is 16.0 Å². The largest absolute Gasteiger partial charge is 0.259 e. The van der Waals surface area contributed by atoms with Crippen molar-refractivity contribution in [2.24, 2.45) is 5.92 Å². The summed E-state index contributed by atoms with van der Waals surface area (Å²) >= 11 is 1.43. The summed E-state index contributed by atoms with van der Waals surface area (Å²) in [5.41, 5.74) is 0. The van der Waals surface area contributed by atoms with Gasteiger partial charge < -0.3 is 0 Å². The first kappa shape index (κ1) is 9.49. The van der Waals surface area contributed by atoms with Crippen LogP contribution in [-0.2, 0) is 0 Å². The van der Waals surface area contributed by atoms with Crippen LogP contribution in [0.25, 0.3) is 0 Å². The fraction of sp³-hybridized carbons (Fsp3) is 0.667. The number of thioether (sulfide) groups is 1. The third kappa shape index (κ3) is 3.50. The van der Waals surface area contributed by atoms with Crippen molar-refractivity contribution in [2.75, 3.05) is 6.26 Å². The normalized spacial score (nSPS) is 12.2. The van der Waals surface area contributed by atoms with Gasteiger partial charge in [-0.25, -0.2) is 0 Å². The maximum atomic E-state index is 9.99. The van der Waals surface area contributed by atoms with Gasteiger partial charge >= 0.3 is 0 Å². The minimum absolute atomic E-state index is 0.250. The predicted octanol–water partition coefficient (Wildman–Crippen LogP) is 2.12. The minimum atomic E-state index is -0.411. The van der Waals surface area contributed by atoms with Gasteiger partial charge in [0, 0.05) is 0 Å². The third-order valence-electron chi connectivity index (χ3n) is 1.04. The molecule has 0 aliphatic carbocycles. The molecule has 0 aromatic heterocycles. The molecule has 0 atom stereocenters. The molecule has 0 aromatic rings. The molecule has 0 bridgehead atoms. The van der Waals surface area contributed by atoms with Gasteiger partial charge in [0.25, 0.3) is 0 Å². The minimum Gasteiger partial charge on any atom is -0.259 e. The highest BCUT2D eigenvalue weighted by Gasteiger charge is 2.05. The van der Waals surface area contributed by atoms with E-state index in [4.69, 9.17) is 0 Å². The van der Waals surface area contributed by atoms with Gasteiger partial charge in [-0.2, -0.15) is 0 Å². The van der Waals surface area contributed by atoms with E-state index in [1.807, 2.05) is 20.1 Å². The molecule has 0 saturated carbocycles. The summed E-state index contributed by atoms with van der Waals surface area (Å²) in [6, 6.07) is 0. The maximum Gasteiger partial charge on any atom is 0.244 e. The van der Waals surface area contributed by atoms with E-state index in [-0.39, 0.29) is 5.92 Å².